The Morgan fingerprint density at radius 2 is 1.71 bits per heavy atom. The first kappa shape index (κ1) is 22.1. The molecule has 2 fully saturated rings. The molecule has 1 aromatic heterocycles. The van der Waals surface area contributed by atoms with Crippen molar-refractivity contribution in [3.63, 3.8) is 0 Å². The summed E-state index contributed by atoms with van der Waals surface area (Å²) in [7, 11) is 1.60. The number of non-ortho nitro benzene ring substituents is 1. The highest BCUT2D eigenvalue weighted by Gasteiger charge is 2.41. The molecular formula is C24H24N4O6. The van der Waals surface area contributed by atoms with Gasteiger partial charge in [-0.05, 0) is 42.5 Å². The summed E-state index contributed by atoms with van der Waals surface area (Å²) in [5.74, 6) is -0.0317. The second kappa shape index (κ2) is 8.88. The lowest BCUT2D eigenvalue weighted by molar-refractivity contribution is -0.384. The Kier molecular flexibility index (Phi) is 5.76. The van der Waals surface area contributed by atoms with Crippen LogP contribution in [0, 0.1) is 10.1 Å². The number of rotatable bonds is 5. The molecule has 1 spiro atoms. The molecule has 1 amide bonds. The summed E-state index contributed by atoms with van der Waals surface area (Å²) in [4.78, 5) is 26.0. The van der Waals surface area contributed by atoms with Crippen molar-refractivity contribution >= 4 is 11.6 Å². The number of carbonyl (C=O) groups is 1. The SMILES string of the molecule is COc1ccc(-c2cc(C(=O)N3CCC4(CC3)OCCO4)n(-c3ccc([N+](=O)[O-])cc3)n2)cc1. The smallest absolute Gasteiger partial charge is 0.272 e. The van der Waals surface area contributed by atoms with Gasteiger partial charge in [-0.2, -0.15) is 5.10 Å². The van der Waals surface area contributed by atoms with E-state index in [4.69, 9.17) is 14.2 Å². The zero-order valence-corrected chi connectivity index (χ0v) is 18.7. The van der Waals surface area contributed by atoms with Crippen LogP contribution in [0.15, 0.2) is 54.6 Å². The van der Waals surface area contributed by atoms with Gasteiger partial charge in [-0.3, -0.25) is 14.9 Å². The molecule has 0 unspecified atom stereocenters. The number of nitrogens with zero attached hydrogens (tertiary/aromatic N) is 4. The molecule has 2 saturated heterocycles. The molecule has 2 aliphatic heterocycles. The Balaban J connectivity index is 1.48. The van der Waals surface area contributed by atoms with Gasteiger partial charge < -0.3 is 19.1 Å². The third-order valence-electron chi connectivity index (χ3n) is 6.25. The molecule has 10 heteroatoms. The van der Waals surface area contributed by atoms with E-state index in [-0.39, 0.29) is 11.6 Å². The average molecular weight is 464 g/mol. The molecule has 0 bridgehead atoms. The van der Waals surface area contributed by atoms with Gasteiger partial charge in [0.25, 0.3) is 11.6 Å². The number of likely N-dealkylation sites (tertiary alicyclic amines) is 1. The van der Waals surface area contributed by atoms with Crippen LogP contribution in [0.2, 0.25) is 0 Å². The molecule has 3 heterocycles. The minimum Gasteiger partial charge on any atom is -0.497 e. The van der Waals surface area contributed by atoms with Crippen LogP contribution in [0.3, 0.4) is 0 Å². The fourth-order valence-corrected chi connectivity index (χ4v) is 4.35. The zero-order chi connectivity index (χ0) is 23.7. The largest absolute Gasteiger partial charge is 0.497 e. The van der Waals surface area contributed by atoms with Gasteiger partial charge in [0, 0.05) is 43.6 Å². The van der Waals surface area contributed by atoms with E-state index in [0.717, 1.165) is 5.56 Å². The van der Waals surface area contributed by atoms with Gasteiger partial charge in [0.05, 0.1) is 36.6 Å². The highest BCUT2D eigenvalue weighted by Crippen LogP contribution is 2.32. The average Bonchev–Trinajstić information content (AvgIpc) is 3.52. The molecule has 34 heavy (non-hydrogen) atoms. The number of nitro groups is 1. The number of ether oxygens (including phenoxy) is 3. The molecule has 0 saturated carbocycles. The second-order valence-electron chi connectivity index (χ2n) is 8.23. The third kappa shape index (κ3) is 4.13. The van der Waals surface area contributed by atoms with Crippen molar-refractivity contribution in [2.75, 3.05) is 33.4 Å². The van der Waals surface area contributed by atoms with Crippen LogP contribution >= 0.6 is 0 Å². The number of benzene rings is 2. The second-order valence-corrected chi connectivity index (χ2v) is 8.23. The molecular weight excluding hydrogens is 440 g/mol. The fraction of sp³-hybridized carbons (Fsp3) is 0.333. The Labute approximate surface area is 195 Å². The Morgan fingerprint density at radius 3 is 2.29 bits per heavy atom. The molecule has 2 aromatic carbocycles. The number of aromatic nitrogens is 2. The maximum Gasteiger partial charge on any atom is 0.272 e. The van der Waals surface area contributed by atoms with E-state index in [2.05, 4.69) is 5.10 Å². The summed E-state index contributed by atoms with van der Waals surface area (Å²) in [5, 5.41) is 15.7. The predicted molar refractivity (Wildman–Crippen MR) is 122 cm³/mol. The minimum atomic E-state index is -0.580. The first-order valence-corrected chi connectivity index (χ1v) is 11.0. The van der Waals surface area contributed by atoms with Gasteiger partial charge in [0.2, 0.25) is 0 Å². The Hall–Kier alpha value is -3.76. The minimum absolute atomic E-state index is 0.0305. The number of hydrogen-bond acceptors (Lipinski definition) is 7. The summed E-state index contributed by atoms with van der Waals surface area (Å²) >= 11 is 0. The van der Waals surface area contributed by atoms with Gasteiger partial charge in [0.1, 0.15) is 11.4 Å². The van der Waals surface area contributed by atoms with Crippen molar-refractivity contribution in [2.24, 2.45) is 0 Å². The summed E-state index contributed by atoms with van der Waals surface area (Å²) in [5.41, 5.74) is 2.34. The van der Waals surface area contributed by atoms with E-state index >= 15 is 0 Å². The summed E-state index contributed by atoms with van der Waals surface area (Å²) < 4.78 is 18.3. The molecule has 2 aliphatic rings. The number of piperidine rings is 1. The highest BCUT2D eigenvalue weighted by molar-refractivity contribution is 5.94. The number of carbonyl (C=O) groups excluding carboxylic acids is 1. The summed E-state index contributed by atoms with van der Waals surface area (Å²) in [6.45, 7) is 2.16. The van der Waals surface area contributed by atoms with Crippen molar-refractivity contribution in [1.82, 2.24) is 14.7 Å². The van der Waals surface area contributed by atoms with E-state index in [1.807, 2.05) is 24.3 Å². The van der Waals surface area contributed by atoms with Crippen molar-refractivity contribution in [2.45, 2.75) is 18.6 Å². The number of methoxy groups -OCH3 is 1. The van der Waals surface area contributed by atoms with Gasteiger partial charge in [0.15, 0.2) is 5.79 Å². The molecule has 0 atom stereocenters. The maximum atomic E-state index is 13.6. The first-order valence-electron chi connectivity index (χ1n) is 11.0. The first-order chi connectivity index (χ1) is 16.5. The lowest BCUT2D eigenvalue weighted by Gasteiger charge is -2.37. The highest BCUT2D eigenvalue weighted by atomic mass is 16.7. The lowest BCUT2D eigenvalue weighted by atomic mass is 10.0. The van der Waals surface area contributed by atoms with Crippen LogP contribution in [-0.4, -0.2) is 64.7 Å². The third-order valence-corrected chi connectivity index (χ3v) is 6.25. The molecule has 5 rings (SSSR count). The van der Waals surface area contributed by atoms with Crippen LogP contribution < -0.4 is 4.74 Å². The standard InChI is InChI=1S/C24H24N4O6/c1-32-20-8-2-17(3-9-20)21-16-22(27(25-21)18-4-6-19(7-5-18)28(30)31)23(29)26-12-10-24(11-13-26)33-14-15-34-24/h2-9,16H,10-15H2,1H3. The molecule has 0 radical (unpaired) electrons. The number of hydrogen-bond donors (Lipinski definition) is 0. The number of amides is 1. The summed E-state index contributed by atoms with van der Waals surface area (Å²) in [6.07, 6.45) is 1.21. The van der Waals surface area contributed by atoms with Crippen molar-refractivity contribution in [1.29, 1.82) is 0 Å². The van der Waals surface area contributed by atoms with E-state index in [1.165, 1.54) is 12.1 Å². The topological polar surface area (TPSA) is 109 Å². The zero-order valence-electron chi connectivity index (χ0n) is 18.7. The van der Waals surface area contributed by atoms with Gasteiger partial charge in [-0.1, -0.05) is 0 Å². The normalized spacial score (nSPS) is 17.1. The van der Waals surface area contributed by atoms with Gasteiger partial charge in [-0.15, -0.1) is 0 Å². The Morgan fingerprint density at radius 1 is 1.06 bits per heavy atom. The Bertz CT molecular complexity index is 1190. The molecule has 0 aliphatic carbocycles. The number of nitro benzene ring substituents is 1. The van der Waals surface area contributed by atoms with E-state index < -0.39 is 10.7 Å². The maximum absolute atomic E-state index is 13.6. The van der Waals surface area contributed by atoms with E-state index in [9.17, 15) is 14.9 Å². The lowest BCUT2D eigenvalue weighted by Crippen LogP contribution is -2.47. The molecule has 10 nitrogen and oxygen atoms in total. The van der Waals surface area contributed by atoms with E-state index in [1.54, 1.807) is 34.9 Å². The van der Waals surface area contributed by atoms with Crippen LogP contribution in [0.5, 0.6) is 5.75 Å². The molecule has 0 N–H and O–H groups in total. The van der Waals surface area contributed by atoms with Crippen molar-refractivity contribution < 1.29 is 23.9 Å². The predicted octanol–water partition coefficient (Wildman–Crippen LogP) is 3.44. The van der Waals surface area contributed by atoms with Crippen LogP contribution in [-0.2, 0) is 9.47 Å². The van der Waals surface area contributed by atoms with Crippen LogP contribution in [0.25, 0.3) is 16.9 Å². The van der Waals surface area contributed by atoms with Crippen molar-refractivity contribution in [3.8, 4) is 22.7 Å². The molecule has 176 valence electrons. The van der Waals surface area contributed by atoms with Crippen molar-refractivity contribution in [3.05, 3.63) is 70.4 Å². The van der Waals surface area contributed by atoms with Crippen LogP contribution in [0.4, 0.5) is 5.69 Å². The quantitative estimate of drug-likeness (QED) is 0.420. The van der Waals surface area contributed by atoms with Crippen LogP contribution in [0.1, 0.15) is 23.3 Å². The summed E-state index contributed by atoms with van der Waals surface area (Å²) in [6, 6.07) is 15.1. The van der Waals surface area contributed by atoms with Gasteiger partial charge in [-0.25, -0.2) is 4.68 Å². The van der Waals surface area contributed by atoms with Gasteiger partial charge >= 0.3 is 0 Å². The monoisotopic (exact) mass is 464 g/mol. The molecule has 3 aromatic rings. The fourth-order valence-electron chi connectivity index (χ4n) is 4.35. The van der Waals surface area contributed by atoms with E-state index in [0.29, 0.717) is 62.0 Å².